The molecule has 0 bridgehead atoms. The number of hydrogen-bond acceptors (Lipinski definition) is 8. The van der Waals surface area contributed by atoms with Crippen LogP contribution in [0.3, 0.4) is 0 Å². The van der Waals surface area contributed by atoms with E-state index in [0.29, 0.717) is 31.7 Å². The van der Waals surface area contributed by atoms with Crippen molar-refractivity contribution < 1.29 is 19.4 Å². The highest BCUT2D eigenvalue weighted by atomic mass is 16.5. The molecule has 11 heteroatoms. The second kappa shape index (κ2) is 10.9. The van der Waals surface area contributed by atoms with Crippen LogP contribution in [0.5, 0.6) is 0 Å². The zero-order valence-electron chi connectivity index (χ0n) is 20.9. The van der Waals surface area contributed by atoms with E-state index < -0.39 is 0 Å². The average Bonchev–Trinajstić information content (AvgIpc) is 3.60. The van der Waals surface area contributed by atoms with Crippen molar-refractivity contribution in [3.05, 3.63) is 30.4 Å². The van der Waals surface area contributed by atoms with E-state index in [1.165, 1.54) is 0 Å². The number of fused-ring (bicyclic) bond motifs is 1. The Hall–Kier alpha value is -3.02. The molecule has 0 aromatic carbocycles. The van der Waals surface area contributed by atoms with Crippen molar-refractivity contribution in [3.63, 3.8) is 0 Å². The van der Waals surface area contributed by atoms with Crippen molar-refractivity contribution in [1.29, 1.82) is 0 Å². The van der Waals surface area contributed by atoms with Crippen LogP contribution in [0, 0.1) is 0 Å². The summed E-state index contributed by atoms with van der Waals surface area (Å²) in [4.78, 5) is 17.0. The largest absolute Gasteiger partial charge is 0.393 e. The molecule has 194 valence electrons. The van der Waals surface area contributed by atoms with Crippen LogP contribution < -0.4 is 10.6 Å². The highest BCUT2D eigenvalue weighted by Crippen LogP contribution is 2.37. The van der Waals surface area contributed by atoms with Crippen molar-refractivity contribution in [1.82, 2.24) is 29.7 Å². The van der Waals surface area contributed by atoms with E-state index in [4.69, 9.17) is 14.6 Å². The number of methoxy groups -OCH3 is 1. The first-order chi connectivity index (χ1) is 17.5. The van der Waals surface area contributed by atoms with Crippen LogP contribution in [0.15, 0.2) is 24.7 Å². The molecule has 2 atom stereocenters. The summed E-state index contributed by atoms with van der Waals surface area (Å²) in [6, 6.07) is 2.30. The number of ether oxygens (including phenoxy) is 2. The Bertz CT molecular complexity index is 1180. The van der Waals surface area contributed by atoms with Crippen molar-refractivity contribution in [2.45, 2.75) is 69.7 Å². The van der Waals surface area contributed by atoms with Gasteiger partial charge in [0, 0.05) is 48.7 Å². The molecule has 2 aliphatic rings. The molecule has 11 nitrogen and oxygen atoms in total. The van der Waals surface area contributed by atoms with Gasteiger partial charge in [-0.1, -0.05) is 0 Å². The molecule has 1 amide bonds. The highest BCUT2D eigenvalue weighted by molar-refractivity contribution is 5.81. The minimum absolute atomic E-state index is 0.0657. The smallest absolute Gasteiger partial charge is 0.242 e. The number of amides is 1. The molecule has 3 N–H and O–H groups in total. The fourth-order valence-electron chi connectivity index (χ4n) is 5.14. The average molecular weight is 498 g/mol. The van der Waals surface area contributed by atoms with Crippen molar-refractivity contribution in [2.75, 3.05) is 32.2 Å². The molecule has 2 fully saturated rings. The van der Waals surface area contributed by atoms with Gasteiger partial charge in [-0.2, -0.15) is 5.10 Å². The number of rotatable bonds is 9. The van der Waals surface area contributed by atoms with Gasteiger partial charge in [0.15, 0.2) is 0 Å². The van der Waals surface area contributed by atoms with Gasteiger partial charge in [0.05, 0.1) is 43.3 Å². The Morgan fingerprint density at radius 3 is 2.86 bits per heavy atom. The van der Waals surface area contributed by atoms with E-state index in [2.05, 4.69) is 26.8 Å². The van der Waals surface area contributed by atoms with E-state index in [0.717, 1.165) is 54.4 Å². The minimum atomic E-state index is -0.228. The summed E-state index contributed by atoms with van der Waals surface area (Å²) < 4.78 is 14.2. The van der Waals surface area contributed by atoms with Crippen molar-refractivity contribution >= 4 is 17.4 Å². The third-order valence-corrected chi connectivity index (χ3v) is 7.00. The van der Waals surface area contributed by atoms with Crippen LogP contribution in [-0.4, -0.2) is 80.5 Å². The topological polar surface area (TPSA) is 128 Å². The molecule has 3 aromatic rings. The normalized spacial score (nSPS) is 23.1. The molecule has 36 heavy (non-hydrogen) atoms. The molecule has 4 heterocycles. The van der Waals surface area contributed by atoms with E-state index in [1.807, 2.05) is 23.8 Å². The van der Waals surface area contributed by atoms with Gasteiger partial charge in [-0.25, -0.2) is 9.50 Å². The minimum Gasteiger partial charge on any atom is -0.393 e. The van der Waals surface area contributed by atoms with Crippen LogP contribution in [0.4, 0.5) is 5.95 Å². The van der Waals surface area contributed by atoms with E-state index in [9.17, 15) is 9.90 Å². The van der Waals surface area contributed by atoms with Gasteiger partial charge in [-0.15, -0.1) is 5.10 Å². The molecular weight excluding hydrogens is 462 g/mol. The number of aromatic nitrogens is 5. The van der Waals surface area contributed by atoms with Gasteiger partial charge >= 0.3 is 0 Å². The molecule has 1 saturated heterocycles. The van der Waals surface area contributed by atoms with E-state index in [-0.39, 0.29) is 30.6 Å². The first kappa shape index (κ1) is 24.7. The predicted molar refractivity (Wildman–Crippen MR) is 134 cm³/mol. The molecule has 3 aromatic heterocycles. The van der Waals surface area contributed by atoms with Gasteiger partial charge < -0.3 is 25.2 Å². The van der Waals surface area contributed by atoms with Gasteiger partial charge in [0.2, 0.25) is 11.9 Å². The summed E-state index contributed by atoms with van der Waals surface area (Å²) in [5, 5.41) is 25.6. The number of nitrogens with one attached hydrogen (secondary N) is 2. The summed E-state index contributed by atoms with van der Waals surface area (Å²) in [6.45, 7) is 3.97. The third-order valence-electron chi connectivity index (χ3n) is 7.00. The first-order valence-electron chi connectivity index (χ1n) is 12.7. The summed E-state index contributed by atoms with van der Waals surface area (Å²) in [5.74, 6) is 0.755. The fourth-order valence-corrected chi connectivity index (χ4v) is 5.14. The SMILES string of the molecule is COC[C@H](C)Nc1ncc2c(-c3cnn(CC(=O)N[C@H]4CCOC4)c3)cc([C@H]3CC[C@H](O)CC3)n2n1. The Morgan fingerprint density at radius 2 is 2.11 bits per heavy atom. The number of aliphatic hydroxyl groups is 1. The lowest BCUT2D eigenvalue weighted by atomic mass is 9.85. The number of nitrogens with zero attached hydrogens (tertiary/aromatic N) is 5. The van der Waals surface area contributed by atoms with Crippen LogP contribution in [0.25, 0.3) is 16.6 Å². The molecule has 1 aliphatic heterocycles. The second-order valence-electron chi connectivity index (χ2n) is 9.92. The molecular formula is C25H35N7O4. The standard InChI is InChI=1S/C25H35N7O4/c1-16(14-35-2)28-25-26-11-23-21(9-22(32(23)30-25)17-3-5-20(33)6-4-17)18-10-27-31(12-18)13-24(34)29-19-7-8-36-15-19/h9-12,16-17,19-20,33H,3-8,13-15H2,1-2H3,(H,28,30)(H,29,34)/t16-,17-,19-,20-/m0/s1. The zero-order valence-corrected chi connectivity index (χ0v) is 20.9. The van der Waals surface area contributed by atoms with E-state index >= 15 is 0 Å². The Morgan fingerprint density at radius 1 is 1.28 bits per heavy atom. The lowest BCUT2D eigenvalue weighted by Crippen LogP contribution is -2.37. The van der Waals surface area contributed by atoms with Gasteiger partial charge in [0.1, 0.15) is 6.54 Å². The Kier molecular flexibility index (Phi) is 7.49. The molecule has 0 unspecified atom stereocenters. The molecule has 1 saturated carbocycles. The van der Waals surface area contributed by atoms with Crippen LogP contribution in [0.1, 0.15) is 50.6 Å². The maximum atomic E-state index is 12.4. The van der Waals surface area contributed by atoms with Gasteiger partial charge in [-0.05, 0) is 45.1 Å². The number of carbonyl (C=O) groups is 1. The summed E-state index contributed by atoms with van der Waals surface area (Å²) in [5.41, 5.74) is 3.86. The lowest BCUT2D eigenvalue weighted by molar-refractivity contribution is -0.122. The Balaban J connectivity index is 1.42. The number of hydrogen-bond donors (Lipinski definition) is 3. The van der Waals surface area contributed by atoms with Crippen molar-refractivity contribution in [2.24, 2.45) is 0 Å². The molecule has 5 rings (SSSR count). The second-order valence-corrected chi connectivity index (χ2v) is 9.92. The van der Waals surface area contributed by atoms with Crippen LogP contribution in [-0.2, 0) is 20.8 Å². The molecule has 0 spiro atoms. The highest BCUT2D eigenvalue weighted by Gasteiger charge is 2.26. The number of carbonyl (C=O) groups excluding carboxylic acids is 1. The summed E-state index contributed by atoms with van der Waals surface area (Å²) >= 11 is 0. The van der Waals surface area contributed by atoms with Gasteiger partial charge in [0.25, 0.3) is 0 Å². The number of aliphatic hydroxyl groups excluding tert-OH is 1. The lowest BCUT2D eigenvalue weighted by Gasteiger charge is -2.25. The number of anilines is 1. The summed E-state index contributed by atoms with van der Waals surface area (Å²) in [7, 11) is 1.67. The van der Waals surface area contributed by atoms with Crippen LogP contribution in [0.2, 0.25) is 0 Å². The molecule has 0 radical (unpaired) electrons. The maximum absolute atomic E-state index is 12.4. The third kappa shape index (κ3) is 5.53. The van der Waals surface area contributed by atoms with Crippen LogP contribution >= 0.6 is 0 Å². The first-order valence-corrected chi connectivity index (χ1v) is 12.7. The predicted octanol–water partition coefficient (Wildman–Crippen LogP) is 1.96. The molecule has 1 aliphatic carbocycles. The van der Waals surface area contributed by atoms with E-state index in [1.54, 1.807) is 18.0 Å². The van der Waals surface area contributed by atoms with Gasteiger partial charge in [-0.3, -0.25) is 9.48 Å². The Labute approximate surface area is 210 Å². The zero-order chi connectivity index (χ0) is 25.1. The van der Waals surface area contributed by atoms with Crippen molar-refractivity contribution in [3.8, 4) is 11.1 Å². The quantitative estimate of drug-likeness (QED) is 0.409. The monoisotopic (exact) mass is 497 g/mol. The maximum Gasteiger partial charge on any atom is 0.242 e. The summed E-state index contributed by atoms with van der Waals surface area (Å²) in [6.07, 6.45) is 9.50. The fraction of sp³-hybridized carbons (Fsp3) is 0.600.